The summed E-state index contributed by atoms with van der Waals surface area (Å²) in [5, 5.41) is 5.45. The number of rotatable bonds is 5. The lowest BCUT2D eigenvalue weighted by Gasteiger charge is -2.15. The maximum atomic E-state index is 13.0. The van der Waals surface area contributed by atoms with Gasteiger partial charge in [-0.3, -0.25) is 4.57 Å². The highest BCUT2D eigenvalue weighted by molar-refractivity contribution is 6.32. The summed E-state index contributed by atoms with van der Waals surface area (Å²) in [6.07, 6.45) is 5.24. The van der Waals surface area contributed by atoms with E-state index in [2.05, 4.69) is 28.3 Å². The highest BCUT2D eigenvalue weighted by Crippen LogP contribution is 2.41. The number of benzene rings is 2. The minimum atomic E-state index is -0.316. The molecule has 2 heterocycles. The van der Waals surface area contributed by atoms with E-state index in [1.165, 1.54) is 18.4 Å². The predicted molar refractivity (Wildman–Crippen MR) is 108 cm³/mol. The third-order valence-corrected chi connectivity index (χ3v) is 5.57. The van der Waals surface area contributed by atoms with E-state index in [1.807, 2.05) is 24.3 Å². The normalized spacial score (nSPS) is 13.9. The van der Waals surface area contributed by atoms with Gasteiger partial charge in [-0.2, -0.15) is 4.98 Å². The smallest absolute Gasteiger partial charge is 0.352 e. The quantitative estimate of drug-likeness (QED) is 0.495. The van der Waals surface area contributed by atoms with Crippen molar-refractivity contribution in [1.29, 1.82) is 0 Å². The fraction of sp³-hybridized carbons (Fsp3) is 0.227. The molecule has 1 aliphatic rings. The van der Waals surface area contributed by atoms with Crippen LogP contribution < -0.4 is 5.69 Å². The minimum Gasteiger partial charge on any atom is -0.365 e. The van der Waals surface area contributed by atoms with E-state index in [4.69, 9.17) is 16.1 Å². The average molecular weight is 392 g/mol. The zero-order valence-corrected chi connectivity index (χ0v) is 15.9. The van der Waals surface area contributed by atoms with Crippen LogP contribution in [0.1, 0.15) is 35.7 Å². The Labute approximate surface area is 166 Å². The van der Waals surface area contributed by atoms with Crippen molar-refractivity contribution in [2.45, 2.75) is 31.6 Å². The van der Waals surface area contributed by atoms with E-state index < -0.39 is 0 Å². The first-order valence-electron chi connectivity index (χ1n) is 9.40. The summed E-state index contributed by atoms with van der Waals surface area (Å²) in [6, 6.07) is 15.6. The van der Waals surface area contributed by atoms with Crippen LogP contribution in [0.3, 0.4) is 0 Å². The number of nitrogens with zero attached hydrogens (tertiary/aromatic N) is 3. The molecule has 5 nitrogen and oxygen atoms in total. The van der Waals surface area contributed by atoms with E-state index in [9.17, 15) is 4.79 Å². The first-order chi connectivity index (χ1) is 13.7. The average Bonchev–Trinajstić information content (AvgIpc) is 3.42. The second-order valence-electron chi connectivity index (χ2n) is 7.17. The Hall–Kier alpha value is -2.92. The van der Waals surface area contributed by atoms with Crippen LogP contribution in [0.5, 0.6) is 0 Å². The molecular formula is C22H18ClN3O2. The first kappa shape index (κ1) is 17.2. The van der Waals surface area contributed by atoms with Crippen LogP contribution in [-0.4, -0.2) is 14.7 Å². The molecular weight excluding hydrogens is 374 g/mol. The fourth-order valence-corrected chi connectivity index (χ4v) is 3.87. The van der Waals surface area contributed by atoms with Gasteiger partial charge in [-0.1, -0.05) is 41.0 Å². The molecule has 0 unspecified atom stereocenters. The fourth-order valence-electron chi connectivity index (χ4n) is 3.65. The standard InChI is InChI=1S/C22H18ClN3O2/c23-18-3-1-2-4-20(18)26-21-13-15(14-5-6-14)7-9-17(21)19(24-22(26)27)10-8-16-11-12-28-25-16/h1-4,7,9,11-14H,5-6,8,10H2. The van der Waals surface area contributed by atoms with E-state index in [1.54, 1.807) is 16.9 Å². The van der Waals surface area contributed by atoms with Crippen molar-refractivity contribution in [1.82, 2.24) is 14.7 Å². The van der Waals surface area contributed by atoms with Crippen molar-refractivity contribution < 1.29 is 4.52 Å². The van der Waals surface area contributed by atoms with Gasteiger partial charge in [0.2, 0.25) is 0 Å². The van der Waals surface area contributed by atoms with Crippen molar-refractivity contribution in [2.24, 2.45) is 0 Å². The van der Waals surface area contributed by atoms with Crippen LogP contribution in [0.15, 0.2) is 64.1 Å². The van der Waals surface area contributed by atoms with E-state index in [-0.39, 0.29) is 5.69 Å². The second-order valence-corrected chi connectivity index (χ2v) is 7.58. The summed E-state index contributed by atoms with van der Waals surface area (Å²) in [4.78, 5) is 17.4. The number of para-hydroxylation sites is 1. The topological polar surface area (TPSA) is 60.9 Å². The van der Waals surface area contributed by atoms with Crippen LogP contribution in [0.4, 0.5) is 0 Å². The Balaban J connectivity index is 1.69. The third kappa shape index (κ3) is 3.12. The van der Waals surface area contributed by atoms with Crippen LogP contribution in [0.2, 0.25) is 5.02 Å². The molecule has 5 rings (SSSR count). The zero-order chi connectivity index (χ0) is 19.1. The highest BCUT2D eigenvalue weighted by Gasteiger charge is 2.24. The molecule has 0 aliphatic heterocycles. The van der Waals surface area contributed by atoms with Gasteiger partial charge >= 0.3 is 5.69 Å². The minimum absolute atomic E-state index is 0.316. The van der Waals surface area contributed by atoms with Crippen LogP contribution >= 0.6 is 11.6 Å². The van der Waals surface area contributed by atoms with E-state index in [0.29, 0.717) is 29.5 Å². The van der Waals surface area contributed by atoms with E-state index in [0.717, 1.165) is 22.3 Å². The Morgan fingerprint density at radius 2 is 1.96 bits per heavy atom. The number of halogens is 1. The molecule has 28 heavy (non-hydrogen) atoms. The third-order valence-electron chi connectivity index (χ3n) is 5.25. The summed E-state index contributed by atoms with van der Waals surface area (Å²) in [5.74, 6) is 0.589. The molecule has 1 saturated carbocycles. The van der Waals surface area contributed by atoms with Gasteiger partial charge in [0.1, 0.15) is 6.26 Å². The molecule has 2 aromatic carbocycles. The Morgan fingerprint density at radius 1 is 1.11 bits per heavy atom. The largest absolute Gasteiger partial charge is 0.365 e. The number of aryl methyl sites for hydroxylation is 2. The van der Waals surface area contributed by atoms with Crippen LogP contribution in [0, 0.1) is 0 Å². The molecule has 0 radical (unpaired) electrons. The lowest BCUT2D eigenvalue weighted by molar-refractivity contribution is 0.411. The summed E-state index contributed by atoms with van der Waals surface area (Å²) in [6.45, 7) is 0. The van der Waals surface area contributed by atoms with Crippen molar-refractivity contribution in [3.63, 3.8) is 0 Å². The molecule has 0 atom stereocenters. The lowest BCUT2D eigenvalue weighted by atomic mass is 10.0. The second kappa shape index (κ2) is 6.91. The zero-order valence-electron chi connectivity index (χ0n) is 15.1. The summed E-state index contributed by atoms with van der Waals surface area (Å²) < 4.78 is 6.53. The summed E-state index contributed by atoms with van der Waals surface area (Å²) in [7, 11) is 0. The number of hydrogen-bond donors (Lipinski definition) is 0. The van der Waals surface area contributed by atoms with Gasteiger partial charge in [0, 0.05) is 11.5 Å². The molecule has 140 valence electrons. The maximum absolute atomic E-state index is 13.0. The van der Waals surface area contributed by atoms with Gasteiger partial charge in [0.25, 0.3) is 0 Å². The molecule has 2 aromatic heterocycles. The van der Waals surface area contributed by atoms with Gasteiger partial charge in [-0.25, -0.2) is 4.79 Å². The monoisotopic (exact) mass is 391 g/mol. The maximum Gasteiger partial charge on any atom is 0.352 e. The SMILES string of the molecule is O=c1nc(CCc2ccon2)c2ccc(C3CC3)cc2n1-c1ccccc1Cl. The summed E-state index contributed by atoms with van der Waals surface area (Å²) in [5.41, 5.74) is 4.08. The van der Waals surface area contributed by atoms with Crippen molar-refractivity contribution in [3.8, 4) is 5.69 Å². The van der Waals surface area contributed by atoms with Gasteiger partial charge in [-0.15, -0.1) is 0 Å². The molecule has 6 heteroatoms. The number of hydrogen-bond acceptors (Lipinski definition) is 4. The predicted octanol–water partition coefficient (Wildman–Crippen LogP) is 4.69. The molecule has 0 N–H and O–H groups in total. The lowest BCUT2D eigenvalue weighted by Crippen LogP contribution is -2.24. The van der Waals surface area contributed by atoms with Crippen molar-refractivity contribution in [3.05, 3.63) is 87.3 Å². The summed E-state index contributed by atoms with van der Waals surface area (Å²) >= 11 is 6.41. The van der Waals surface area contributed by atoms with Gasteiger partial charge in [0.15, 0.2) is 0 Å². The van der Waals surface area contributed by atoms with Crippen LogP contribution in [-0.2, 0) is 12.8 Å². The molecule has 1 aliphatic carbocycles. The Kier molecular flexibility index (Phi) is 4.24. The molecule has 4 aromatic rings. The van der Waals surface area contributed by atoms with Crippen molar-refractivity contribution in [2.75, 3.05) is 0 Å². The first-order valence-corrected chi connectivity index (χ1v) is 9.78. The molecule has 0 amide bonds. The highest BCUT2D eigenvalue weighted by atomic mass is 35.5. The van der Waals surface area contributed by atoms with Gasteiger partial charge < -0.3 is 4.52 Å². The van der Waals surface area contributed by atoms with Crippen LogP contribution in [0.25, 0.3) is 16.6 Å². The number of aromatic nitrogens is 3. The molecule has 0 bridgehead atoms. The number of fused-ring (bicyclic) bond motifs is 1. The Morgan fingerprint density at radius 3 is 2.71 bits per heavy atom. The van der Waals surface area contributed by atoms with Gasteiger partial charge in [-0.05, 0) is 55.4 Å². The molecule has 0 spiro atoms. The molecule has 0 saturated heterocycles. The van der Waals surface area contributed by atoms with Crippen molar-refractivity contribution >= 4 is 22.5 Å². The molecule has 1 fully saturated rings. The Bertz CT molecular complexity index is 1210. The van der Waals surface area contributed by atoms with Gasteiger partial charge in [0.05, 0.1) is 27.6 Å². The van der Waals surface area contributed by atoms with E-state index >= 15 is 0 Å².